The Labute approximate surface area is 141 Å². The van der Waals surface area contributed by atoms with Gasteiger partial charge in [0.1, 0.15) is 0 Å². The zero-order valence-corrected chi connectivity index (χ0v) is 13.4. The maximum atomic E-state index is 14.0. The molecule has 0 aliphatic carbocycles. The van der Waals surface area contributed by atoms with Gasteiger partial charge in [-0.15, -0.1) is 13.2 Å². The summed E-state index contributed by atoms with van der Waals surface area (Å²) in [6.07, 6.45) is -3.64. The van der Waals surface area contributed by atoms with Crippen LogP contribution in [0, 0.1) is 17.5 Å². The first-order valence-electron chi connectivity index (χ1n) is 7.71. The lowest BCUT2D eigenvalue weighted by Crippen LogP contribution is -2.18. The Morgan fingerprint density at radius 3 is 1.96 bits per heavy atom. The van der Waals surface area contributed by atoms with Gasteiger partial charge >= 0.3 is 6.36 Å². The minimum Gasteiger partial charge on any atom is -0.403 e. The van der Waals surface area contributed by atoms with Gasteiger partial charge in [-0.25, -0.2) is 13.2 Å². The van der Waals surface area contributed by atoms with Crippen molar-refractivity contribution in [3.8, 4) is 5.75 Å². The third-order valence-corrected chi connectivity index (χ3v) is 3.67. The molecular weight excluding hydrogens is 346 g/mol. The lowest BCUT2D eigenvalue weighted by Gasteiger charge is -2.11. The number of aryl methyl sites for hydroxylation is 3. The summed E-state index contributed by atoms with van der Waals surface area (Å²) in [4.78, 5) is 0. The molecule has 0 N–H and O–H groups in total. The van der Waals surface area contributed by atoms with E-state index in [0.717, 1.165) is 12.1 Å². The van der Waals surface area contributed by atoms with Gasteiger partial charge in [0.25, 0.3) is 0 Å². The van der Waals surface area contributed by atoms with E-state index in [4.69, 9.17) is 0 Å². The van der Waals surface area contributed by atoms with Crippen LogP contribution in [0.2, 0.25) is 0 Å². The van der Waals surface area contributed by atoms with Crippen molar-refractivity contribution in [1.82, 2.24) is 0 Å². The number of hydrogen-bond donors (Lipinski definition) is 0. The fraction of sp³-hybridized carbons (Fsp3) is 0.333. The van der Waals surface area contributed by atoms with Crippen molar-refractivity contribution in [3.05, 3.63) is 64.5 Å². The van der Waals surface area contributed by atoms with Crippen LogP contribution in [0.15, 0.2) is 30.3 Å². The van der Waals surface area contributed by atoms with Crippen LogP contribution in [-0.4, -0.2) is 6.36 Å². The Morgan fingerprint density at radius 2 is 1.44 bits per heavy atom. The Bertz CT molecular complexity index is 739. The first-order chi connectivity index (χ1) is 11.7. The molecule has 0 spiro atoms. The maximum Gasteiger partial charge on any atom is 0.573 e. The molecule has 2 rings (SSSR count). The summed E-state index contributed by atoms with van der Waals surface area (Å²) >= 11 is 0. The van der Waals surface area contributed by atoms with E-state index in [0.29, 0.717) is 24.0 Å². The zero-order valence-electron chi connectivity index (χ0n) is 13.4. The average molecular weight is 362 g/mol. The van der Waals surface area contributed by atoms with Gasteiger partial charge in [0.05, 0.1) is 0 Å². The summed E-state index contributed by atoms with van der Waals surface area (Å²) in [7, 11) is 0. The molecule has 25 heavy (non-hydrogen) atoms. The second-order valence-electron chi connectivity index (χ2n) is 5.57. The maximum absolute atomic E-state index is 14.0. The molecule has 0 saturated carbocycles. The van der Waals surface area contributed by atoms with Crippen molar-refractivity contribution in [2.45, 2.75) is 39.0 Å². The number of hydrogen-bond acceptors (Lipinski definition) is 1. The van der Waals surface area contributed by atoms with Gasteiger partial charge in [0, 0.05) is 0 Å². The van der Waals surface area contributed by atoms with Crippen LogP contribution in [0.1, 0.15) is 30.0 Å². The van der Waals surface area contributed by atoms with E-state index < -0.39 is 29.6 Å². The highest BCUT2D eigenvalue weighted by molar-refractivity contribution is 5.31. The molecule has 1 nitrogen and oxygen atoms in total. The molecule has 0 unspecified atom stereocenters. The van der Waals surface area contributed by atoms with E-state index in [9.17, 15) is 26.3 Å². The van der Waals surface area contributed by atoms with Gasteiger partial charge in [-0.1, -0.05) is 31.5 Å². The van der Waals surface area contributed by atoms with Gasteiger partial charge in [-0.05, 0) is 48.1 Å². The third kappa shape index (κ3) is 5.14. The van der Waals surface area contributed by atoms with Crippen molar-refractivity contribution in [3.63, 3.8) is 0 Å². The highest BCUT2D eigenvalue weighted by Gasteiger charge is 2.32. The third-order valence-electron chi connectivity index (χ3n) is 3.67. The molecule has 0 aliphatic heterocycles. The van der Waals surface area contributed by atoms with E-state index >= 15 is 0 Å². The second-order valence-corrected chi connectivity index (χ2v) is 5.57. The van der Waals surface area contributed by atoms with Crippen LogP contribution >= 0.6 is 0 Å². The molecule has 2 aromatic rings. The molecule has 0 aromatic heterocycles. The van der Waals surface area contributed by atoms with Crippen molar-refractivity contribution < 1.29 is 31.1 Å². The Balaban J connectivity index is 2.09. The summed E-state index contributed by atoms with van der Waals surface area (Å²) in [5, 5.41) is 0. The van der Waals surface area contributed by atoms with E-state index in [1.807, 2.05) is 6.92 Å². The Morgan fingerprint density at radius 1 is 0.840 bits per heavy atom. The quantitative estimate of drug-likeness (QED) is 0.596. The SMILES string of the molecule is CCCc1ccc(CCc2ccc(OC(F)(F)F)c(F)c2)c(F)c1F. The highest BCUT2D eigenvalue weighted by Crippen LogP contribution is 2.27. The fourth-order valence-electron chi connectivity index (χ4n) is 2.47. The topological polar surface area (TPSA) is 9.23 Å². The van der Waals surface area contributed by atoms with Crippen LogP contribution in [0.5, 0.6) is 5.75 Å². The summed E-state index contributed by atoms with van der Waals surface area (Å²) in [5.41, 5.74) is 0.779. The molecule has 0 aliphatic rings. The van der Waals surface area contributed by atoms with Crippen LogP contribution in [0.25, 0.3) is 0 Å². The van der Waals surface area contributed by atoms with Crippen molar-refractivity contribution in [1.29, 1.82) is 0 Å². The number of benzene rings is 2. The summed E-state index contributed by atoms with van der Waals surface area (Å²) in [5.74, 6) is -3.93. The lowest BCUT2D eigenvalue weighted by atomic mass is 10.0. The molecule has 0 amide bonds. The van der Waals surface area contributed by atoms with E-state index in [1.54, 1.807) is 0 Å². The normalized spacial score (nSPS) is 11.6. The predicted octanol–water partition coefficient (Wildman–Crippen LogP) is 5.74. The molecule has 0 bridgehead atoms. The van der Waals surface area contributed by atoms with Crippen molar-refractivity contribution in [2.24, 2.45) is 0 Å². The van der Waals surface area contributed by atoms with Gasteiger partial charge in [0.15, 0.2) is 23.2 Å². The zero-order chi connectivity index (χ0) is 18.6. The Kier molecular flexibility index (Phi) is 5.98. The number of rotatable bonds is 6. The molecule has 0 heterocycles. The lowest BCUT2D eigenvalue weighted by molar-refractivity contribution is -0.275. The van der Waals surface area contributed by atoms with E-state index in [1.165, 1.54) is 18.2 Å². The molecule has 0 fully saturated rings. The predicted molar refractivity (Wildman–Crippen MR) is 80.8 cm³/mol. The first kappa shape index (κ1) is 19.1. The molecule has 0 radical (unpaired) electrons. The molecule has 0 saturated heterocycles. The molecule has 2 aromatic carbocycles. The molecular formula is C18H16F6O. The minimum absolute atomic E-state index is 0.0913. The standard InChI is InChI=1S/C18H16F6O/c1-2-3-12-7-8-13(17(21)16(12)20)6-4-11-5-9-15(14(19)10-11)25-18(22,23)24/h5,7-10H,2-4,6H2,1H3. The van der Waals surface area contributed by atoms with E-state index in [2.05, 4.69) is 4.74 Å². The number of alkyl halides is 3. The minimum atomic E-state index is -4.98. The van der Waals surface area contributed by atoms with Crippen LogP contribution in [0.4, 0.5) is 26.3 Å². The van der Waals surface area contributed by atoms with Crippen LogP contribution in [0.3, 0.4) is 0 Å². The fourth-order valence-corrected chi connectivity index (χ4v) is 2.47. The van der Waals surface area contributed by atoms with Gasteiger partial charge in [-0.3, -0.25) is 0 Å². The highest BCUT2D eigenvalue weighted by atomic mass is 19.4. The van der Waals surface area contributed by atoms with Crippen LogP contribution in [-0.2, 0) is 19.3 Å². The first-order valence-corrected chi connectivity index (χ1v) is 7.71. The van der Waals surface area contributed by atoms with Crippen molar-refractivity contribution >= 4 is 0 Å². The summed E-state index contributed by atoms with van der Waals surface area (Å²) < 4.78 is 81.4. The van der Waals surface area contributed by atoms with Crippen LogP contribution < -0.4 is 4.74 Å². The summed E-state index contributed by atoms with van der Waals surface area (Å²) in [6, 6.07) is 5.99. The smallest absolute Gasteiger partial charge is 0.403 e. The van der Waals surface area contributed by atoms with Gasteiger partial charge in [-0.2, -0.15) is 0 Å². The monoisotopic (exact) mass is 362 g/mol. The second kappa shape index (κ2) is 7.80. The number of ether oxygens (including phenoxy) is 1. The van der Waals surface area contributed by atoms with Gasteiger partial charge < -0.3 is 4.74 Å². The molecule has 7 heteroatoms. The molecule has 136 valence electrons. The van der Waals surface area contributed by atoms with E-state index in [-0.39, 0.29) is 18.4 Å². The average Bonchev–Trinajstić information content (AvgIpc) is 2.52. The van der Waals surface area contributed by atoms with Gasteiger partial charge in [0.2, 0.25) is 0 Å². The van der Waals surface area contributed by atoms with Crippen molar-refractivity contribution in [2.75, 3.05) is 0 Å². The molecule has 0 atom stereocenters. The largest absolute Gasteiger partial charge is 0.573 e. The summed E-state index contributed by atoms with van der Waals surface area (Å²) in [6.45, 7) is 1.85. The number of halogens is 6. The Hall–Kier alpha value is -2.18.